The van der Waals surface area contributed by atoms with E-state index in [1.54, 1.807) is 57.5 Å². The molecule has 2 N–H and O–H groups in total. The molecule has 11 heteroatoms. The number of likely N-dealkylation sites (tertiary alicyclic amines) is 1. The molecule has 0 spiro atoms. The fourth-order valence-electron chi connectivity index (χ4n) is 8.61. The number of likely N-dealkylation sites (N-methyl/N-ethyl adjacent to an activating group) is 1. The Hall–Kier alpha value is -2.99. The van der Waals surface area contributed by atoms with Gasteiger partial charge in [0, 0.05) is 70.0 Å². The van der Waals surface area contributed by atoms with Crippen molar-refractivity contribution in [3.8, 4) is 0 Å². The fourth-order valence-corrected chi connectivity index (χ4v) is 9.35. The van der Waals surface area contributed by atoms with Crippen LogP contribution in [-0.2, 0) is 35.1 Å². The van der Waals surface area contributed by atoms with Gasteiger partial charge in [0.15, 0.2) is 5.78 Å². The predicted octanol–water partition coefficient (Wildman–Crippen LogP) is 6.46. The SMILES string of the molecule is CO[C@H]([C@@H](C)C(=O)C[C@@H](Cc1ccccc1)c1nccs1)[C@@H]1CCCN1C(=O)C[C@@H](OC)[C@H](C1CCCC1)N(C)C(=O)[C@@H](CC(=O)C(C)(C)N)C(C)C. The molecule has 7 atom stereocenters. The first-order valence-corrected chi connectivity index (χ1v) is 20.5. The van der Waals surface area contributed by atoms with Crippen LogP contribution in [0.4, 0.5) is 0 Å². The van der Waals surface area contributed by atoms with E-state index >= 15 is 0 Å². The Morgan fingerprint density at radius 1 is 0.981 bits per heavy atom. The second-order valence-corrected chi connectivity index (χ2v) is 17.3. The van der Waals surface area contributed by atoms with Crippen LogP contribution >= 0.6 is 11.3 Å². The van der Waals surface area contributed by atoms with E-state index in [2.05, 4.69) is 17.1 Å². The first kappa shape index (κ1) is 42.7. The molecular formula is C42H64N4O6S. The van der Waals surface area contributed by atoms with E-state index in [0.29, 0.717) is 13.0 Å². The zero-order chi connectivity index (χ0) is 38.9. The summed E-state index contributed by atoms with van der Waals surface area (Å²) in [6.07, 6.45) is 7.59. The van der Waals surface area contributed by atoms with Gasteiger partial charge in [-0.2, -0.15) is 0 Å². The highest BCUT2D eigenvalue weighted by molar-refractivity contribution is 7.09. The molecule has 10 nitrogen and oxygen atoms in total. The average molecular weight is 753 g/mol. The van der Waals surface area contributed by atoms with E-state index in [9.17, 15) is 19.2 Å². The number of nitrogens with zero attached hydrogens (tertiary/aromatic N) is 3. The number of amides is 2. The van der Waals surface area contributed by atoms with E-state index < -0.39 is 29.6 Å². The molecule has 1 aliphatic carbocycles. The minimum atomic E-state index is -1.03. The highest BCUT2D eigenvalue weighted by Gasteiger charge is 2.44. The molecule has 1 aromatic heterocycles. The van der Waals surface area contributed by atoms with E-state index in [0.717, 1.165) is 55.5 Å². The normalized spacial score (nSPS) is 20.2. The van der Waals surface area contributed by atoms with Gasteiger partial charge in [0.25, 0.3) is 0 Å². The number of carbonyl (C=O) groups is 4. The molecule has 0 unspecified atom stereocenters. The molecule has 2 aliphatic rings. The van der Waals surface area contributed by atoms with E-state index in [1.807, 2.05) is 49.3 Å². The van der Waals surface area contributed by atoms with Crippen LogP contribution in [0.3, 0.4) is 0 Å². The van der Waals surface area contributed by atoms with Crippen LogP contribution in [0.25, 0.3) is 0 Å². The average Bonchev–Trinajstić information content (AvgIpc) is 3.94. The summed E-state index contributed by atoms with van der Waals surface area (Å²) in [5.41, 5.74) is 6.26. The third-order valence-electron chi connectivity index (χ3n) is 11.8. The maximum Gasteiger partial charge on any atom is 0.226 e. The van der Waals surface area contributed by atoms with Gasteiger partial charge in [0.05, 0.1) is 41.3 Å². The number of ether oxygens (including phenoxy) is 2. The summed E-state index contributed by atoms with van der Waals surface area (Å²) >= 11 is 1.57. The number of carbonyl (C=O) groups excluding carboxylic acids is 4. The van der Waals surface area contributed by atoms with Crippen molar-refractivity contribution in [2.45, 2.75) is 135 Å². The Kier molecular flexibility index (Phi) is 15.8. The van der Waals surface area contributed by atoms with Gasteiger partial charge < -0.3 is 25.0 Å². The van der Waals surface area contributed by atoms with Crippen molar-refractivity contribution in [1.29, 1.82) is 0 Å². The van der Waals surface area contributed by atoms with Crippen molar-refractivity contribution in [3.63, 3.8) is 0 Å². The van der Waals surface area contributed by atoms with Gasteiger partial charge in [-0.1, -0.05) is 63.9 Å². The lowest BCUT2D eigenvalue weighted by atomic mass is 9.83. The Morgan fingerprint density at radius 3 is 2.23 bits per heavy atom. The topological polar surface area (TPSA) is 132 Å². The lowest BCUT2D eigenvalue weighted by Gasteiger charge is -2.41. The molecule has 1 aromatic carbocycles. The van der Waals surface area contributed by atoms with E-state index in [-0.39, 0.29) is 66.1 Å². The van der Waals surface area contributed by atoms with Crippen LogP contribution in [-0.4, -0.2) is 95.8 Å². The molecule has 53 heavy (non-hydrogen) atoms. The van der Waals surface area contributed by atoms with Crippen LogP contribution in [0.2, 0.25) is 0 Å². The van der Waals surface area contributed by atoms with Gasteiger partial charge in [0.1, 0.15) is 5.78 Å². The number of aromatic nitrogens is 1. The minimum Gasteiger partial charge on any atom is -0.379 e. The standard InChI is InChI=1S/C42H64N4O6S/c1-27(2)32(25-36(48)42(4,5)43)41(50)45(6)38(30-17-12-13-18-30)35(51-7)26-37(49)46-21-14-19-33(46)39(52-8)28(3)34(47)24-31(40-44-20-22-53-40)23-29-15-10-9-11-16-29/h9-11,15-16,20,22,27-28,30-33,35,38-39H,12-14,17-19,21,23-26,43H2,1-8H3/t28-,31+,32-,33-,35+,38-,39+/m0/s1. The van der Waals surface area contributed by atoms with Gasteiger partial charge in [-0.05, 0) is 63.4 Å². The number of hydrogen-bond donors (Lipinski definition) is 1. The van der Waals surface area contributed by atoms with E-state index in [1.165, 1.54) is 0 Å². The third kappa shape index (κ3) is 11.0. The monoisotopic (exact) mass is 752 g/mol. The van der Waals surface area contributed by atoms with Crippen molar-refractivity contribution < 1.29 is 28.7 Å². The van der Waals surface area contributed by atoms with Crippen molar-refractivity contribution in [2.75, 3.05) is 27.8 Å². The zero-order valence-electron chi connectivity index (χ0n) is 33.3. The first-order chi connectivity index (χ1) is 25.2. The molecule has 1 aliphatic heterocycles. The number of benzene rings is 1. The number of ketones is 2. The van der Waals surface area contributed by atoms with Crippen molar-refractivity contribution >= 4 is 34.7 Å². The summed E-state index contributed by atoms with van der Waals surface area (Å²) in [6, 6.07) is 9.60. The van der Waals surface area contributed by atoms with E-state index in [4.69, 9.17) is 15.2 Å². The summed E-state index contributed by atoms with van der Waals surface area (Å²) in [5.74, 6) is -1.12. The highest BCUT2D eigenvalue weighted by atomic mass is 32.1. The number of methoxy groups -OCH3 is 2. The van der Waals surface area contributed by atoms with Crippen LogP contribution in [0.1, 0.15) is 109 Å². The molecule has 2 heterocycles. The molecular weight excluding hydrogens is 689 g/mol. The van der Waals surface area contributed by atoms with Gasteiger partial charge in [0.2, 0.25) is 11.8 Å². The lowest BCUT2D eigenvalue weighted by molar-refractivity contribution is -0.149. The highest BCUT2D eigenvalue weighted by Crippen LogP contribution is 2.36. The summed E-state index contributed by atoms with van der Waals surface area (Å²) in [4.78, 5) is 63.8. The summed E-state index contributed by atoms with van der Waals surface area (Å²) in [5, 5.41) is 2.90. The van der Waals surface area contributed by atoms with Crippen LogP contribution in [0, 0.1) is 23.7 Å². The molecule has 0 bridgehead atoms. The van der Waals surface area contributed by atoms with Crippen molar-refractivity contribution in [1.82, 2.24) is 14.8 Å². The molecule has 4 rings (SSSR count). The van der Waals surface area contributed by atoms with Crippen LogP contribution in [0.15, 0.2) is 41.9 Å². The predicted molar refractivity (Wildman–Crippen MR) is 209 cm³/mol. The van der Waals surface area contributed by atoms with Crippen molar-refractivity contribution in [3.05, 3.63) is 52.5 Å². The molecule has 1 saturated heterocycles. The van der Waals surface area contributed by atoms with Crippen molar-refractivity contribution in [2.24, 2.45) is 29.4 Å². The second kappa shape index (κ2) is 19.6. The number of Topliss-reactive ketones (excluding diaryl/α,β-unsaturated/α-hetero) is 2. The van der Waals surface area contributed by atoms with Gasteiger partial charge in [-0.15, -0.1) is 11.3 Å². The van der Waals surface area contributed by atoms with Gasteiger partial charge in [-0.25, -0.2) is 4.98 Å². The Morgan fingerprint density at radius 2 is 1.66 bits per heavy atom. The zero-order valence-corrected chi connectivity index (χ0v) is 34.1. The minimum absolute atomic E-state index is 0.0453. The molecule has 2 fully saturated rings. The van der Waals surface area contributed by atoms with Gasteiger partial charge in [-0.3, -0.25) is 19.2 Å². The number of thiazole rings is 1. The fraction of sp³-hybridized carbons (Fsp3) is 0.690. The molecule has 2 aromatic rings. The maximum atomic E-state index is 14.3. The summed E-state index contributed by atoms with van der Waals surface area (Å²) < 4.78 is 12.2. The summed E-state index contributed by atoms with van der Waals surface area (Å²) in [6.45, 7) is 9.78. The molecule has 1 saturated carbocycles. The largest absolute Gasteiger partial charge is 0.379 e. The first-order valence-electron chi connectivity index (χ1n) is 19.6. The third-order valence-corrected chi connectivity index (χ3v) is 12.8. The number of hydrogen-bond acceptors (Lipinski definition) is 9. The molecule has 294 valence electrons. The quantitative estimate of drug-likeness (QED) is 0.163. The van der Waals surface area contributed by atoms with Crippen LogP contribution < -0.4 is 5.73 Å². The van der Waals surface area contributed by atoms with Crippen LogP contribution in [0.5, 0.6) is 0 Å². The number of nitrogens with two attached hydrogens (primary N) is 1. The number of rotatable bonds is 20. The Bertz CT molecular complexity index is 1470. The summed E-state index contributed by atoms with van der Waals surface area (Å²) in [7, 11) is 5.06. The molecule has 0 radical (unpaired) electrons. The van der Waals surface area contributed by atoms with Gasteiger partial charge >= 0.3 is 0 Å². The Balaban J connectivity index is 1.50. The lowest BCUT2D eigenvalue weighted by Crippen LogP contribution is -2.54. The smallest absolute Gasteiger partial charge is 0.226 e. The maximum absolute atomic E-state index is 14.3. The molecule has 2 amide bonds. The second-order valence-electron chi connectivity index (χ2n) is 16.4. The Labute approximate surface area is 321 Å².